The van der Waals surface area contributed by atoms with E-state index in [1.807, 2.05) is 48.5 Å². The number of nitrogens with zero attached hydrogens (tertiary/aromatic N) is 2. The Labute approximate surface area is 396 Å². The molecule has 10 nitrogen and oxygen atoms in total. The van der Waals surface area contributed by atoms with Crippen molar-refractivity contribution < 1.29 is 38.7 Å². The minimum atomic E-state index is -1.19. The molecular formula is C50H56MgN2O8S2. The molecule has 4 aromatic carbocycles. The standard InChI is InChI=1S/2C25H29NO4S.Mg/c2*1-4-29-24(25(27)28)17-19-6-10-21(11-7-19)30-16-15-26-18(2)5-14-23(26)20-8-12-22(31-3)13-9-20;/h2*5-14,24H,4,15-17H2,1-3H3,(H,27,28);/q;;+2/p-2/t2*24-;/m00./s1. The third-order valence-corrected chi connectivity index (χ3v) is 11.8. The SMILES string of the molecule is CCO[C@@H](Cc1ccc(OCCn2c(C)ccc2-c2ccc(SC)cc2)cc1)C(=O)[O-].CCO[C@@H](Cc1ccc(OCCn2c(C)ccc2-c2ccc(SC)cc2)cc1)C(=O)[O-].[Mg+2]. The van der Waals surface area contributed by atoms with Crippen LogP contribution in [0.4, 0.5) is 0 Å². The third kappa shape index (κ3) is 15.3. The second-order valence-electron chi connectivity index (χ2n) is 14.4. The van der Waals surface area contributed by atoms with Gasteiger partial charge in [-0.15, -0.1) is 23.5 Å². The molecule has 0 saturated heterocycles. The van der Waals surface area contributed by atoms with Crippen LogP contribution in [0.25, 0.3) is 22.5 Å². The predicted molar refractivity (Wildman–Crippen MR) is 251 cm³/mol. The van der Waals surface area contributed by atoms with E-state index in [1.165, 1.54) is 43.7 Å². The van der Waals surface area contributed by atoms with Gasteiger partial charge in [0.05, 0.1) is 25.0 Å². The minimum Gasteiger partial charge on any atom is -0.547 e. The molecule has 0 amide bonds. The van der Waals surface area contributed by atoms with E-state index < -0.39 is 24.1 Å². The molecule has 0 N–H and O–H groups in total. The van der Waals surface area contributed by atoms with E-state index in [0.29, 0.717) is 26.4 Å². The van der Waals surface area contributed by atoms with Gasteiger partial charge in [-0.05, 0) is 135 Å². The van der Waals surface area contributed by atoms with Crippen LogP contribution in [0.1, 0.15) is 36.4 Å². The summed E-state index contributed by atoms with van der Waals surface area (Å²) in [6.07, 6.45) is 2.84. The average molecular weight is 901 g/mol. The van der Waals surface area contributed by atoms with Gasteiger partial charge >= 0.3 is 23.1 Å². The van der Waals surface area contributed by atoms with E-state index in [9.17, 15) is 19.8 Å². The number of carboxylic acid groups (broad SMARTS) is 2. The Morgan fingerprint density at radius 1 is 0.540 bits per heavy atom. The van der Waals surface area contributed by atoms with Crippen LogP contribution in [-0.2, 0) is 45.0 Å². The van der Waals surface area contributed by atoms with Gasteiger partial charge in [0.15, 0.2) is 0 Å². The molecule has 328 valence electrons. The summed E-state index contributed by atoms with van der Waals surface area (Å²) in [6.45, 7) is 10.9. The van der Waals surface area contributed by atoms with Crippen molar-refractivity contribution in [3.8, 4) is 34.0 Å². The van der Waals surface area contributed by atoms with Crippen molar-refractivity contribution in [2.75, 3.05) is 38.9 Å². The van der Waals surface area contributed by atoms with Crippen LogP contribution < -0.4 is 19.7 Å². The van der Waals surface area contributed by atoms with Crippen molar-refractivity contribution in [2.45, 2.75) is 75.6 Å². The Kier molecular flexibility index (Phi) is 21.2. The van der Waals surface area contributed by atoms with Crippen molar-refractivity contribution in [3.05, 3.63) is 144 Å². The molecule has 2 atom stereocenters. The Hall–Kier alpha value is -4.63. The Morgan fingerprint density at radius 3 is 1.19 bits per heavy atom. The molecule has 0 spiro atoms. The molecule has 6 aromatic rings. The summed E-state index contributed by atoms with van der Waals surface area (Å²) < 4.78 is 26.8. The van der Waals surface area contributed by atoms with Crippen LogP contribution in [0.5, 0.6) is 11.5 Å². The molecule has 0 saturated carbocycles. The summed E-state index contributed by atoms with van der Waals surface area (Å²) >= 11 is 3.47. The molecule has 0 fully saturated rings. The summed E-state index contributed by atoms with van der Waals surface area (Å²) in [4.78, 5) is 24.8. The summed E-state index contributed by atoms with van der Waals surface area (Å²) in [5.41, 5.74) is 8.83. The zero-order valence-electron chi connectivity index (χ0n) is 37.0. The summed E-state index contributed by atoms with van der Waals surface area (Å²) in [5.74, 6) is -0.881. The number of rotatable bonds is 22. The number of carbonyl (C=O) groups excluding carboxylic acids is 2. The number of thioether (sulfide) groups is 2. The molecule has 63 heavy (non-hydrogen) atoms. The van der Waals surface area contributed by atoms with Crippen molar-refractivity contribution in [1.29, 1.82) is 0 Å². The fourth-order valence-electron chi connectivity index (χ4n) is 6.96. The van der Waals surface area contributed by atoms with Crippen LogP contribution in [0.2, 0.25) is 0 Å². The van der Waals surface area contributed by atoms with Crippen molar-refractivity contribution >= 4 is 58.5 Å². The Bertz CT molecular complexity index is 2130. The average Bonchev–Trinajstić information content (AvgIpc) is 3.85. The quantitative estimate of drug-likeness (QED) is 0.0498. The van der Waals surface area contributed by atoms with E-state index in [-0.39, 0.29) is 35.9 Å². The van der Waals surface area contributed by atoms with Crippen LogP contribution >= 0.6 is 23.5 Å². The number of aliphatic carboxylic acids is 2. The normalized spacial score (nSPS) is 11.8. The van der Waals surface area contributed by atoms with Crippen molar-refractivity contribution in [3.63, 3.8) is 0 Å². The molecule has 6 rings (SSSR count). The zero-order valence-corrected chi connectivity index (χ0v) is 40.1. The van der Waals surface area contributed by atoms with Gasteiger partial charge < -0.3 is 47.9 Å². The van der Waals surface area contributed by atoms with Crippen LogP contribution in [0.3, 0.4) is 0 Å². The second kappa shape index (κ2) is 26.2. The minimum absolute atomic E-state index is 0. The maximum atomic E-state index is 11.1. The first kappa shape index (κ1) is 51.0. The number of ether oxygens (including phenoxy) is 4. The number of hydrogen-bond acceptors (Lipinski definition) is 10. The molecule has 0 aliphatic rings. The maximum absolute atomic E-state index is 11.1. The van der Waals surface area contributed by atoms with E-state index in [4.69, 9.17) is 18.9 Å². The topological polar surface area (TPSA) is 127 Å². The molecule has 13 heteroatoms. The smallest absolute Gasteiger partial charge is 0.547 e. The maximum Gasteiger partial charge on any atom is 2.00 e. The van der Waals surface area contributed by atoms with Gasteiger partial charge in [-0.25, -0.2) is 0 Å². The van der Waals surface area contributed by atoms with E-state index in [1.54, 1.807) is 37.4 Å². The molecule has 2 aromatic heterocycles. The molecule has 2 heterocycles. The van der Waals surface area contributed by atoms with Crippen molar-refractivity contribution in [1.82, 2.24) is 9.13 Å². The number of aromatic nitrogens is 2. The van der Waals surface area contributed by atoms with Crippen LogP contribution in [0, 0.1) is 13.8 Å². The predicted octanol–water partition coefficient (Wildman–Crippen LogP) is 7.54. The monoisotopic (exact) mass is 900 g/mol. The van der Waals surface area contributed by atoms with Gasteiger partial charge in [0.1, 0.15) is 36.9 Å². The van der Waals surface area contributed by atoms with Gasteiger partial charge in [-0.1, -0.05) is 48.5 Å². The fraction of sp³-hybridized carbons (Fsp3) is 0.320. The van der Waals surface area contributed by atoms with E-state index in [0.717, 1.165) is 35.7 Å². The summed E-state index contributed by atoms with van der Waals surface area (Å²) in [5, 5.41) is 22.3. The van der Waals surface area contributed by atoms with Gasteiger partial charge in [0.2, 0.25) is 0 Å². The van der Waals surface area contributed by atoms with E-state index >= 15 is 0 Å². The molecule has 0 aliphatic heterocycles. The molecule has 0 bridgehead atoms. The Balaban J connectivity index is 0.000000272. The number of aryl methyl sites for hydroxylation is 2. The number of hydrogen-bond donors (Lipinski definition) is 0. The summed E-state index contributed by atoms with van der Waals surface area (Å²) in [7, 11) is 0. The number of carboxylic acids is 2. The molecule has 0 radical (unpaired) electrons. The van der Waals surface area contributed by atoms with Crippen LogP contribution in [-0.4, -0.2) is 95.3 Å². The van der Waals surface area contributed by atoms with Gasteiger partial charge in [-0.3, -0.25) is 0 Å². The first-order valence-corrected chi connectivity index (χ1v) is 23.2. The van der Waals surface area contributed by atoms with Gasteiger partial charge in [-0.2, -0.15) is 0 Å². The second-order valence-corrected chi connectivity index (χ2v) is 16.2. The molecule has 0 unspecified atom stereocenters. The van der Waals surface area contributed by atoms with Gasteiger partial charge in [0.25, 0.3) is 0 Å². The molecule has 0 aliphatic carbocycles. The fourth-order valence-corrected chi connectivity index (χ4v) is 7.78. The van der Waals surface area contributed by atoms with Gasteiger partial charge in [0, 0.05) is 58.6 Å². The zero-order chi connectivity index (χ0) is 44.4. The number of benzene rings is 4. The first-order chi connectivity index (χ1) is 30.0. The Morgan fingerprint density at radius 2 is 0.889 bits per heavy atom. The third-order valence-electron chi connectivity index (χ3n) is 10.3. The summed E-state index contributed by atoms with van der Waals surface area (Å²) in [6, 6.07) is 40.6. The van der Waals surface area contributed by atoms with Crippen LogP contribution in [0.15, 0.2) is 131 Å². The van der Waals surface area contributed by atoms with Crippen molar-refractivity contribution in [2.24, 2.45) is 0 Å². The molecular weight excluding hydrogens is 845 g/mol. The van der Waals surface area contributed by atoms with E-state index in [2.05, 4.69) is 108 Å². The largest absolute Gasteiger partial charge is 2.00 e. The first-order valence-electron chi connectivity index (χ1n) is 20.7. The number of carbonyl (C=O) groups is 2.